The molecule has 3 aliphatic rings. The average Bonchev–Trinajstić information content (AvgIpc) is 3.53. The lowest BCUT2D eigenvalue weighted by molar-refractivity contribution is -0.124. The molecule has 0 radical (unpaired) electrons. The molecule has 230 valence electrons. The van der Waals surface area contributed by atoms with E-state index in [-0.39, 0.29) is 46.5 Å². The number of thiophene rings is 1. The molecule has 1 saturated heterocycles. The molecular weight excluding hydrogens is 540 g/mol. The zero-order valence-corrected chi connectivity index (χ0v) is 26.8. The molecule has 1 aromatic heterocycles. The van der Waals surface area contributed by atoms with Gasteiger partial charge in [-0.3, -0.25) is 4.79 Å². The molecule has 9 heteroatoms. The number of rotatable bonds is 6. The van der Waals surface area contributed by atoms with Crippen LogP contribution in [-0.4, -0.2) is 64.9 Å². The standard InChI is InChI=1S/C32H50N2O6S/c1-20-8-10-21(11-9-20)28(35)34(25-18-26(31(2,3)4)41-27(25)29(36)37)22-12-14-23(15-13-22)39-24-16-17-33(19-24)30(38)40-32(5,6)7/h18,20-24H,8-17,19H2,1-7H3,(H,36,37)/t20?,21?,22?,23?,24-/m1/s1. The molecule has 1 aromatic rings. The second-order valence-electron chi connectivity index (χ2n) is 14.4. The summed E-state index contributed by atoms with van der Waals surface area (Å²) in [5.41, 5.74) is -0.157. The third kappa shape index (κ3) is 8.04. The maximum absolute atomic E-state index is 14.2. The van der Waals surface area contributed by atoms with Crippen molar-refractivity contribution in [3.05, 3.63) is 15.8 Å². The number of ether oxygens (including phenoxy) is 2. The second-order valence-corrected chi connectivity index (χ2v) is 15.5. The lowest BCUT2D eigenvalue weighted by Gasteiger charge is -2.40. The highest BCUT2D eigenvalue weighted by molar-refractivity contribution is 7.14. The van der Waals surface area contributed by atoms with Crippen LogP contribution in [0.2, 0.25) is 0 Å². The molecule has 41 heavy (non-hydrogen) atoms. The molecule has 4 rings (SSSR count). The lowest BCUT2D eigenvalue weighted by atomic mass is 9.81. The van der Waals surface area contributed by atoms with Gasteiger partial charge in [0.15, 0.2) is 0 Å². The van der Waals surface area contributed by atoms with Gasteiger partial charge < -0.3 is 24.4 Å². The Hall–Kier alpha value is -2.13. The molecule has 1 N–H and O–H groups in total. The fraction of sp³-hybridized carbons (Fsp3) is 0.781. The van der Waals surface area contributed by atoms with Gasteiger partial charge in [-0.15, -0.1) is 11.3 Å². The first kappa shape index (κ1) is 31.8. The molecule has 2 aliphatic carbocycles. The van der Waals surface area contributed by atoms with Crippen LogP contribution in [0, 0.1) is 11.8 Å². The molecule has 0 aromatic carbocycles. The predicted octanol–water partition coefficient (Wildman–Crippen LogP) is 7.24. The topological polar surface area (TPSA) is 96.4 Å². The van der Waals surface area contributed by atoms with Crippen LogP contribution < -0.4 is 4.90 Å². The number of likely N-dealkylation sites (tertiary alicyclic amines) is 1. The first-order chi connectivity index (χ1) is 19.1. The highest BCUT2D eigenvalue weighted by atomic mass is 32.1. The third-order valence-corrected chi connectivity index (χ3v) is 10.2. The maximum atomic E-state index is 14.2. The van der Waals surface area contributed by atoms with Gasteiger partial charge >= 0.3 is 12.1 Å². The van der Waals surface area contributed by atoms with Crippen molar-refractivity contribution in [1.29, 1.82) is 0 Å². The number of nitrogens with zero attached hydrogens (tertiary/aromatic N) is 2. The molecule has 2 amide bonds. The summed E-state index contributed by atoms with van der Waals surface area (Å²) in [6.07, 6.45) is 7.48. The number of carboxylic acid groups (broad SMARTS) is 1. The lowest BCUT2D eigenvalue weighted by Crippen LogP contribution is -2.47. The zero-order chi connectivity index (χ0) is 30.1. The Labute approximate surface area is 249 Å². The molecule has 1 atom stereocenters. The number of carboxylic acids is 1. The van der Waals surface area contributed by atoms with E-state index >= 15 is 0 Å². The van der Waals surface area contributed by atoms with Gasteiger partial charge in [-0.2, -0.15) is 0 Å². The van der Waals surface area contributed by atoms with Crippen LogP contribution in [0.3, 0.4) is 0 Å². The third-order valence-electron chi connectivity index (χ3n) is 8.70. The smallest absolute Gasteiger partial charge is 0.410 e. The van der Waals surface area contributed by atoms with Crippen molar-refractivity contribution in [3.63, 3.8) is 0 Å². The van der Waals surface area contributed by atoms with Gasteiger partial charge in [0.05, 0.1) is 24.4 Å². The second kappa shape index (κ2) is 12.6. The summed E-state index contributed by atoms with van der Waals surface area (Å²) in [6, 6.07) is 1.91. The Bertz CT molecular complexity index is 1090. The van der Waals surface area contributed by atoms with Crippen molar-refractivity contribution in [1.82, 2.24) is 4.90 Å². The molecule has 1 aliphatic heterocycles. The average molecular weight is 591 g/mol. The Morgan fingerprint density at radius 3 is 2.12 bits per heavy atom. The number of hydrogen-bond donors (Lipinski definition) is 1. The summed E-state index contributed by atoms with van der Waals surface area (Å²) in [6.45, 7) is 15.3. The minimum atomic E-state index is -0.969. The molecule has 3 fully saturated rings. The van der Waals surface area contributed by atoms with Crippen molar-refractivity contribution in [2.24, 2.45) is 11.8 Å². The van der Waals surface area contributed by atoms with E-state index in [2.05, 4.69) is 27.7 Å². The summed E-state index contributed by atoms with van der Waals surface area (Å²) in [5.74, 6) is -0.309. The molecule has 0 spiro atoms. The largest absolute Gasteiger partial charge is 0.477 e. The Kier molecular flexibility index (Phi) is 9.79. The van der Waals surface area contributed by atoms with Gasteiger partial charge in [0.1, 0.15) is 10.5 Å². The van der Waals surface area contributed by atoms with E-state index in [1.807, 2.05) is 31.7 Å². The van der Waals surface area contributed by atoms with Gasteiger partial charge in [0.2, 0.25) is 5.91 Å². The zero-order valence-electron chi connectivity index (χ0n) is 26.0. The number of aromatic carboxylic acids is 1. The van der Waals surface area contributed by atoms with E-state index in [4.69, 9.17) is 9.47 Å². The number of hydrogen-bond acceptors (Lipinski definition) is 6. The van der Waals surface area contributed by atoms with Crippen molar-refractivity contribution in [2.75, 3.05) is 18.0 Å². The van der Waals surface area contributed by atoms with Crippen LogP contribution >= 0.6 is 11.3 Å². The van der Waals surface area contributed by atoms with Gasteiger partial charge in [0.25, 0.3) is 0 Å². The van der Waals surface area contributed by atoms with E-state index < -0.39 is 11.6 Å². The summed E-state index contributed by atoms with van der Waals surface area (Å²) in [4.78, 5) is 43.9. The van der Waals surface area contributed by atoms with E-state index in [1.165, 1.54) is 11.3 Å². The predicted molar refractivity (Wildman–Crippen MR) is 162 cm³/mol. The quantitative estimate of drug-likeness (QED) is 0.375. The van der Waals surface area contributed by atoms with Crippen molar-refractivity contribution in [3.8, 4) is 0 Å². The van der Waals surface area contributed by atoms with Crippen LogP contribution in [-0.2, 0) is 19.7 Å². The van der Waals surface area contributed by atoms with Crippen molar-refractivity contribution < 1.29 is 29.0 Å². The SMILES string of the molecule is CC1CCC(C(=O)N(c2cc(C(C)(C)C)sc2C(=O)O)C2CCC(O[C@@H]3CCN(C(=O)OC(C)(C)C)C3)CC2)CC1. The van der Waals surface area contributed by atoms with Crippen LogP contribution in [0.5, 0.6) is 0 Å². The van der Waals surface area contributed by atoms with Crippen molar-refractivity contribution in [2.45, 2.75) is 136 Å². The first-order valence-electron chi connectivity index (χ1n) is 15.5. The molecule has 0 bridgehead atoms. The highest BCUT2D eigenvalue weighted by Gasteiger charge is 2.39. The fourth-order valence-corrected chi connectivity index (χ4v) is 7.37. The summed E-state index contributed by atoms with van der Waals surface area (Å²) in [7, 11) is 0. The van der Waals surface area contributed by atoms with Gasteiger partial charge in [-0.25, -0.2) is 9.59 Å². The monoisotopic (exact) mass is 590 g/mol. The van der Waals surface area contributed by atoms with E-state index in [0.29, 0.717) is 24.7 Å². The Balaban J connectivity index is 1.46. The van der Waals surface area contributed by atoms with Crippen molar-refractivity contribution >= 4 is 35.0 Å². The molecule has 8 nitrogen and oxygen atoms in total. The van der Waals surface area contributed by atoms with Gasteiger partial charge in [-0.05, 0) is 96.0 Å². The number of carbonyl (C=O) groups excluding carboxylic acids is 2. The molecule has 2 saturated carbocycles. The molecule has 2 heterocycles. The van der Waals surface area contributed by atoms with Crippen LogP contribution in [0.4, 0.5) is 10.5 Å². The van der Waals surface area contributed by atoms with Crippen LogP contribution in [0.15, 0.2) is 6.07 Å². The number of amides is 2. The van der Waals surface area contributed by atoms with Crippen LogP contribution in [0.1, 0.15) is 121 Å². The normalized spacial score (nSPS) is 27.5. The maximum Gasteiger partial charge on any atom is 0.410 e. The van der Waals surface area contributed by atoms with Gasteiger partial charge in [0, 0.05) is 23.4 Å². The van der Waals surface area contributed by atoms with Crippen LogP contribution in [0.25, 0.3) is 0 Å². The number of carbonyl (C=O) groups is 3. The first-order valence-corrected chi connectivity index (χ1v) is 16.3. The summed E-state index contributed by atoms with van der Waals surface area (Å²) in [5, 5.41) is 10.2. The Morgan fingerprint density at radius 1 is 0.927 bits per heavy atom. The number of anilines is 1. The van der Waals surface area contributed by atoms with E-state index in [9.17, 15) is 19.5 Å². The Morgan fingerprint density at radius 2 is 1.56 bits per heavy atom. The fourth-order valence-electron chi connectivity index (χ4n) is 6.33. The minimum Gasteiger partial charge on any atom is -0.477 e. The highest BCUT2D eigenvalue weighted by Crippen LogP contribution is 2.42. The van der Waals surface area contributed by atoms with E-state index in [1.54, 1.807) is 4.90 Å². The molecule has 0 unspecified atom stereocenters. The molecular formula is C32H50N2O6S. The summed E-state index contributed by atoms with van der Waals surface area (Å²) < 4.78 is 12.0. The van der Waals surface area contributed by atoms with Gasteiger partial charge in [-0.1, -0.05) is 27.7 Å². The van der Waals surface area contributed by atoms with E-state index in [0.717, 1.165) is 62.7 Å². The minimum absolute atomic E-state index is 0.0177. The summed E-state index contributed by atoms with van der Waals surface area (Å²) >= 11 is 1.30.